The summed E-state index contributed by atoms with van der Waals surface area (Å²) in [5.74, 6) is 7.85. The number of nitrogens with zero attached hydrogens (tertiary/aromatic N) is 8. The zero-order valence-electron chi connectivity index (χ0n) is 26.1. The van der Waals surface area contributed by atoms with Gasteiger partial charge in [0.25, 0.3) is 0 Å². The van der Waals surface area contributed by atoms with Gasteiger partial charge in [-0.3, -0.25) is 9.89 Å². The minimum Gasteiger partial charge on any atom is -0.444 e. The Morgan fingerprint density at radius 1 is 1.02 bits per heavy atom. The molecule has 0 aromatic heterocycles. The van der Waals surface area contributed by atoms with E-state index in [2.05, 4.69) is 31.6 Å². The number of nitrogen functional groups attached to an aromatic ring is 1. The van der Waals surface area contributed by atoms with Crippen molar-refractivity contribution in [3.8, 4) is 11.5 Å². The molecule has 3 aliphatic rings. The number of halogens is 2. The monoisotopic (exact) mass is 664 g/mol. The number of hydrogen-bond donors (Lipinski definition) is 2. The van der Waals surface area contributed by atoms with Gasteiger partial charge in [0.1, 0.15) is 17.6 Å². The van der Waals surface area contributed by atoms with E-state index in [1.807, 2.05) is 69.3 Å². The second-order valence-corrected chi connectivity index (χ2v) is 12.9. The first-order valence-corrected chi connectivity index (χ1v) is 15.5. The highest BCUT2D eigenvalue weighted by Crippen LogP contribution is 2.39. The molecule has 46 heavy (non-hydrogen) atoms. The fraction of sp³-hybridized carbons (Fsp3) is 0.344. The number of piperazine rings is 1. The van der Waals surface area contributed by atoms with E-state index in [1.165, 1.54) is 6.33 Å². The maximum Gasteiger partial charge on any atom is 0.410 e. The molecule has 1 saturated heterocycles. The van der Waals surface area contributed by atoms with Gasteiger partial charge in [-0.25, -0.2) is 25.6 Å². The molecule has 0 unspecified atom stereocenters. The summed E-state index contributed by atoms with van der Waals surface area (Å²) in [6.07, 6.45) is 4.46. The zero-order valence-corrected chi connectivity index (χ0v) is 27.6. The maximum absolute atomic E-state index is 12.9. The van der Waals surface area contributed by atoms with E-state index in [0.29, 0.717) is 59.3 Å². The summed E-state index contributed by atoms with van der Waals surface area (Å²) in [4.78, 5) is 34.0. The van der Waals surface area contributed by atoms with Gasteiger partial charge < -0.3 is 24.9 Å². The molecule has 1 amide bonds. The summed E-state index contributed by atoms with van der Waals surface area (Å²) >= 11 is 12.6. The van der Waals surface area contributed by atoms with Gasteiger partial charge in [-0.15, -0.1) is 0 Å². The average molecular weight is 666 g/mol. The normalized spacial score (nSPS) is 15.9. The fourth-order valence-corrected chi connectivity index (χ4v) is 5.76. The number of carbonyl (C=O) groups is 1. The van der Waals surface area contributed by atoms with Crippen LogP contribution < -0.4 is 11.6 Å². The number of rotatable bonds is 9. The number of benzene rings is 2. The number of amides is 1. The molecule has 2 aromatic carbocycles. The number of allylic oxidation sites excluding steroid dienone is 1. The predicted octanol–water partition coefficient (Wildman–Crippen LogP) is 5.42. The van der Waals surface area contributed by atoms with Crippen LogP contribution in [-0.2, 0) is 11.3 Å². The summed E-state index contributed by atoms with van der Waals surface area (Å²) in [5.41, 5.74) is 8.40. The van der Waals surface area contributed by atoms with Gasteiger partial charge in [0.2, 0.25) is 0 Å². The van der Waals surface area contributed by atoms with E-state index in [-0.39, 0.29) is 18.7 Å². The molecule has 0 bridgehead atoms. The Morgan fingerprint density at radius 2 is 1.63 bits per heavy atom. The highest BCUT2D eigenvalue weighted by atomic mass is 35.5. The van der Waals surface area contributed by atoms with Crippen LogP contribution in [0.25, 0.3) is 11.5 Å². The number of ether oxygens (including phenoxy) is 1. The molecule has 4 N–H and O–H groups in total. The molecular weight excluding hydrogens is 627 g/mol. The third kappa shape index (κ3) is 7.76. The lowest BCUT2D eigenvalue weighted by molar-refractivity contribution is 0.00370. The van der Waals surface area contributed by atoms with Gasteiger partial charge in [0.05, 0.1) is 30.7 Å². The van der Waals surface area contributed by atoms with E-state index in [1.54, 1.807) is 27.0 Å². The van der Waals surface area contributed by atoms with Crippen molar-refractivity contribution in [1.29, 1.82) is 0 Å². The summed E-state index contributed by atoms with van der Waals surface area (Å²) in [6, 6.07) is 14.7. The number of fused-ring (bicyclic) bond motifs is 1. The number of aliphatic imine (C=N–C) groups is 1. The minimum absolute atomic E-state index is 0.259. The first-order valence-electron chi connectivity index (χ1n) is 14.8. The van der Waals surface area contributed by atoms with E-state index < -0.39 is 11.6 Å². The lowest BCUT2D eigenvalue weighted by Gasteiger charge is -2.44. The molecule has 1 fully saturated rings. The maximum atomic E-state index is 12.9. The second kappa shape index (κ2) is 14.0. The van der Waals surface area contributed by atoms with Crippen molar-refractivity contribution in [2.75, 3.05) is 31.9 Å². The smallest absolute Gasteiger partial charge is 0.410 e. The topological polar surface area (TPSA) is 144 Å². The van der Waals surface area contributed by atoms with Crippen LogP contribution in [-0.4, -0.2) is 78.9 Å². The number of carbonyl (C=O) groups excluding carboxylic acids is 1. The van der Waals surface area contributed by atoms with Crippen LogP contribution >= 0.6 is 23.2 Å². The van der Waals surface area contributed by atoms with E-state index >= 15 is 0 Å². The number of aromatic nitrogens is 4. The highest BCUT2D eigenvalue weighted by Gasteiger charge is 2.36. The summed E-state index contributed by atoms with van der Waals surface area (Å²) in [7, 11) is 0. The molecule has 0 radical (unpaired) electrons. The number of imidazole rings is 1. The van der Waals surface area contributed by atoms with Crippen LogP contribution in [0.3, 0.4) is 0 Å². The largest absolute Gasteiger partial charge is 0.444 e. The lowest BCUT2D eigenvalue weighted by Crippen LogP contribution is -2.53. The van der Waals surface area contributed by atoms with E-state index in [4.69, 9.17) is 39.5 Å². The van der Waals surface area contributed by atoms with Crippen molar-refractivity contribution in [1.82, 2.24) is 34.3 Å². The number of nitrogens with two attached hydrogens (primary N) is 2. The van der Waals surface area contributed by atoms with Crippen LogP contribution in [0.5, 0.6) is 0 Å². The summed E-state index contributed by atoms with van der Waals surface area (Å²) in [5, 5.41) is 2.88. The molecular formula is C32H38Cl2N10O2. The third-order valence-electron chi connectivity index (χ3n) is 7.67. The zero-order chi connectivity index (χ0) is 33.0. The van der Waals surface area contributed by atoms with Crippen molar-refractivity contribution in [2.24, 2.45) is 10.8 Å². The Hall–Kier alpha value is -4.23. The number of hydrogen-bond acceptors (Lipinski definition) is 10. The van der Waals surface area contributed by atoms with E-state index in [0.717, 1.165) is 11.1 Å². The molecule has 0 saturated carbocycles. The quantitative estimate of drug-likeness (QED) is 0.136. The van der Waals surface area contributed by atoms with Gasteiger partial charge >= 0.3 is 6.09 Å². The Bertz CT molecular complexity index is 1640. The predicted molar refractivity (Wildman–Crippen MR) is 180 cm³/mol. The molecule has 3 heterocycles. The number of anilines is 1. The molecule has 0 aliphatic carbocycles. The van der Waals surface area contributed by atoms with Crippen LogP contribution in [0.2, 0.25) is 10.0 Å². The van der Waals surface area contributed by atoms with Gasteiger partial charge in [-0.05, 0) is 62.9 Å². The van der Waals surface area contributed by atoms with Gasteiger partial charge in [-0.1, -0.05) is 47.5 Å². The van der Waals surface area contributed by atoms with Crippen LogP contribution in [0, 0.1) is 0 Å². The van der Waals surface area contributed by atoms with E-state index in [9.17, 15) is 4.79 Å². The van der Waals surface area contributed by atoms with Crippen LogP contribution in [0.4, 0.5) is 10.6 Å². The average Bonchev–Trinajstić information content (AvgIpc) is 3.53. The SMILES string of the molecule is C=N/C(=C\N(N)[C@@H](c1ccc(Cl)cc1)[C@@H](c1ccc(Cl)cc1)N1CCN(C(=O)OC(C)(C)C)CC1)Cn1cnc(N)c2ncnc1-2. The third-order valence-corrected chi connectivity index (χ3v) is 8.17. The Kier molecular flexibility index (Phi) is 10.1. The van der Waals surface area contributed by atoms with Crippen LogP contribution in [0.1, 0.15) is 44.0 Å². The molecule has 12 nitrogen and oxygen atoms in total. The Morgan fingerprint density at radius 3 is 2.22 bits per heavy atom. The van der Waals surface area contributed by atoms with Crippen molar-refractivity contribution < 1.29 is 9.53 Å². The molecule has 5 rings (SSSR count). The summed E-state index contributed by atoms with van der Waals surface area (Å²) < 4.78 is 7.43. The molecule has 3 aliphatic heterocycles. The first-order chi connectivity index (χ1) is 21.9. The molecule has 2 aromatic rings. The van der Waals surface area contributed by atoms with Crippen molar-refractivity contribution in [3.05, 3.63) is 94.3 Å². The minimum atomic E-state index is -0.578. The number of hydrazine groups is 1. The van der Waals surface area contributed by atoms with Crippen molar-refractivity contribution in [2.45, 2.75) is 45.0 Å². The lowest BCUT2D eigenvalue weighted by atomic mass is 9.91. The Balaban J connectivity index is 1.50. The van der Waals surface area contributed by atoms with Gasteiger partial charge in [0, 0.05) is 42.4 Å². The standard InChI is InChI=1S/C32H38Cl2N10O2/c1-32(2,3)46-31(45)42-15-13-41(14-16-42)27(21-5-9-23(33)10-6-21)28(22-7-11-24(34)12-8-22)44(36)18-25(37-4)17-43-20-40-29(35)26-30(43)39-19-38-26/h5-12,18-20,27-28H,4,13-17,35-36H2,1-3H3/b25-18-/t27-,28+/m1/s1. The Labute approximate surface area is 278 Å². The van der Waals surface area contributed by atoms with Gasteiger partial charge in [0.15, 0.2) is 11.6 Å². The van der Waals surface area contributed by atoms with Crippen LogP contribution in [0.15, 0.2) is 78.1 Å². The second-order valence-electron chi connectivity index (χ2n) is 12.0. The highest BCUT2D eigenvalue weighted by molar-refractivity contribution is 6.30. The van der Waals surface area contributed by atoms with Crippen molar-refractivity contribution in [3.63, 3.8) is 0 Å². The fourth-order valence-electron chi connectivity index (χ4n) is 5.51. The molecule has 2 atom stereocenters. The molecule has 14 heteroatoms. The molecule has 242 valence electrons. The molecule has 0 spiro atoms. The van der Waals surface area contributed by atoms with Crippen molar-refractivity contribution >= 4 is 41.8 Å². The van der Waals surface area contributed by atoms with Gasteiger partial charge in [-0.2, -0.15) is 0 Å². The first kappa shape index (κ1) is 33.1. The summed E-state index contributed by atoms with van der Waals surface area (Å²) in [6.45, 7) is 11.8.